The van der Waals surface area contributed by atoms with Crippen LogP contribution in [0.15, 0.2) is 29.4 Å². The van der Waals surface area contributed by atoms with Crippen LogP contribution in [0.2, 0.25) is 0 Å². The highest BCUT2D eigenvalue weighted by atomic mass is 16.6. The zero-order valence-electron chi connectivity index (χ0n) is 11.9. The first-order valence-electron chi connectivity index (χ1n) is 6.42. The number of nitro groups is 1. The van der Waals surface area contributed by atoms with Gasteiger partial charge in [-0.1, -0.05) is 12.1 Å². The van der Waals surface area contributed by atoms with Crippen molar-refractivity contribution in [3.63, 3.8) is 0 Å². The van der Waals surface area contributed by atoms with Gasteiger partial charge in [0.2, 0.25) is 5.90 Å². The minimum absolute atomic E-state index is 0.106. The Kier molecular flexibility index (Phi) is 6.66. The average Bonchev–Trinajstić information content (AvgIpc) is 2.45. The van der Waals surface area contributed by atoms with E-state index >= 15 is 0 Å². The Hall–Kier alpha value is -2.64. The lowest BCUT2D eigenvalue weighted by atomic mass is 10.3. The first kappa shape index (κ1) is 16.4. The maximum Gasteiger partial charge on any atom is 0.315 e. The van der Waals surface area contributed by atoms with Gasteiger partial charge in [0, 0.05) is 6.07 Å². The number of ether oxygens (including phenoxy) is 2. The molecule has 0 radical (unpaired) electrons. The fourth-order valence-corrected chi connectivity index (χ4v) is 1.47. The standard InChI is InChI=1S/C13H17N3O5/c1-3-20-12(9-13(17)21-4-2)15-14-10-7-5-6-8-11(10)16(18)19/h5-8,14H,3-4,9H2,1-2H3/b15-12-. The molecule has 1 N–H and O–H groups in total. The van der Waals surface area contributed by atoms with Crippen LogP contribution >= 0.6 is 0 Å². The molecule has 114 valence electrons. The van der Waals surface area contributed by atoms with Crippen molar-refractivity contribution in [1.82, 2.24) is 0 Å². The number of anilines is 1. The van der Waals surface area contributed by atoms with Gasteiger partial charge in [0.25, 0.3) is 5.69 Å². The highest BCUT2D eigenvalue weighted by molar-refractivity contribution is 5.94. The van der Waals surface area contributed by atoms with Crippen molar-refractivity contribution < 1.29 is 19.2 Å². The van der Waals surface area contributed by atoms with Gasteiger partial charge in [-0.05, 0) is 19.9 Å². The largest absolute Gasteiger partial charge is 0.480 e. The predicted octanol–water partition coefficient (Wildman–Crippen LogP) is 2.31. The topological polar surface area (TPSA) is 103 Å². The van der Waals surface area contributed by atoms with E-state index < -0.39 is 10.9 Å². The second-order valence-corrected chi connectivity index (χ2v) is 3.81. The number of hydrogen-bond donors (Lipinski definition) is 1. The van der Waals surface area contributed by atoms with E-state index in [-0.39, 0.29) is 30.3 Å². The molecule has 0 bridgehead atoms. The quantitative estimate of drug-likeness (QED) is 0.272. The predicted molar refractivity (Wildman–Crippen MR) is 77.0 cm³/mol. The molecule has 0 saturated carbocycles. The highest BCUT2D eigenvalue weighted by Gasteiger charge is 2.13. The molecular weight excluding hydrogens is 278 g/mol. The Morgan fingerprint density at radius 2 is 1.95 bits per heavy atom. The molecule has 8 nitrogen and oxygen atoms in total. The van der Waals surface area contributed by atoms with Gasteiger partial charge in [-0.3, -0.25) is 20.3 Å². The van der Waals surface area contributed by atoms with Crippen LogP contribution in [-0.2, 0) is 14.3 Å². The number of hydrogen-bond acceptors (Lipinski definition) is 7. The normalized spacial score (nSPS) is 10.9. The van der Waals surface area contributed by atoms with Gasteiger partial charge in [0.1, 0.15) is 12.1 Å². The SMILES string of the molecule is CCOC(=O)C/C(=N/Nc1ccccc1[N+](=O)[O-])OCC. The van der Waals surface area contributed by atoms with Crippen LogP contribution in [0.5, 0.6) is 0 Å². The van der Waals surface area contributed by atoms with Crippen LogP contribution < -0.4 is 5.43 Å². The molecule has 0 amide bonds. The number of nitrogens with one attached hydrogen (secondary N) is 1. The molecule has 0 aliphatic heterocycles. The van der Waals surface area contributed by atoms with Crippen LogP contribution in [0.3, 0.4) is 0 Å². The number of para-hydroxylation sites is 2. The van der Waals surface area contributed by atoms with Crippen LogP contribution in [0.1, 0.15) is 20.3 Å². The number of carbonyl (C=O) groups is 1. The maximum atomic E-state index is 11.4. The van der Waals surface area contributed by atoms with Gasteiger partial charge in [-0.2, -0.15) is 0 Å². The number of nitro benzene ring substituents is 1. The summed E-state index contributed by atoms with van der Waals surface area (Å²) in [7, 11) is 0. The molecule has 1 rings (SSSR count). The van der Waals surface area contributed by atoms with Crippen molar-refractivity contribution in [3.05, 3.63) is 34.4 Å². The lowest BCUT2D eigenvalue weighted by Crippen LogP contribution is -2.15. The summed E-state index contributed by atoms with van der Waals surface area (Å²) in [5.41, 5.74) is 2.63. The van der Waals surface area contributed by atoms with E-state index in [1.165, 1.54) is 12.1 Å². The van der Waals surface area contributed by atoms with E-state index in [0.717, 1.165) is 0 Å². The average molecular weight is 295 g/mol. The van der Waals surface area contributed by atoms with E-state index in [2.05, 4.69) is 10.5 Å². The highest BCUT2D eigenvalue weighted by Crippen LogP contribution is 2.23. The van der Waals surface area contributed by atoms with Gasteiger partial charge in [-0.15, -0.1) is 5.10 Å². The molecule has 1 aromatic rings. The molecule has 0 aliphatic rings. The van der Waals surface area contributed by atoms with Gasteiger partial charge in [0.05, 0.1) is 18.1 Å². The maximum absolute atomic E-state index is 11.4. The molecule has 0 aromatic heterocycles. The van der Waals surface area contributed by atoms with E-state index in [0.29, 0.717) is 6.61 Å². The van der Waals surface area contributed by atoms with Crippen molar-refractivity contribution in [2.24, 2.45) is 5.10 Å². The van der Waals surface area contributed by atoms with Crippen LogP contribution in [0.4, 0.5) is 11.4 Å². The van der Waals surface area contributed by atoms with Gasteiger partial charge >= 0.3 is 5.97 Å². The first-order valence-corrected chi connectivity index (χ1v) is 6.42. The molecule has 1 aromatic carbocycles. The Morgan fingerprint density at radius 3 is 2.57 bits per heavy atom. The molecule has 0 fully saturated rings. The first-order chi connectivity index (χ1) is 10.1. The molecule has 21 heavy (non-hydrogen) atoms. The molecule has 0 heterocycles. The van der Waals surface area contributed by atoms with Crippen molar-refractivity contribution in [2.75, 3.05) is 18.6 Å². The summed E-state index contributed by atoms with van der Waals surface area (Å²) >= 11 is 0. The minimum atomic E-state index is -0.524. The summed E-state index contributed by atoms with van der Waals surface area (Å²) in [5.74, 6) is -0.372. The molecule has 0 aliphatic carbocycles. The fourth-order valence-electron chi connectivity index (χ4n) is 1.47. The van der Waals surface area contributed by atoms with Gasteiger partial charge in [-0.25, -0.2) is 0 Å². The van der Waals surface area contributed by atoms with E-state index in [4.69, 9.17) is 9.47 Å². The van der Waals surface area contributed by atoms with Crippen molar-refractivity contribution in [1.29, 1.82) is 0 Å². The lowest BCUT2D eigenvalue weighted by molar-refractivity contribution is -0.384. The summed E-state index contributed by atoms with van der Waals surface area (Å²) in [5, 5.41) is 14.8. The summed E-state index contributed by atoms with van der Waals surface area (Å²) in [6.07, 6.45) is -0.144. The zero-order valence-corrected chi connectivity index (χ0v) is 11.9. The number of nitrogens with zero attached hydrogens (tertiary/aromatic N) is 2. The number of esters is 1. The van der Waals surface area contributed by atoms with Crippen LogP contribution in [-0.4, -0.2) is 30.0 Å². The van der Waals surface area contributed by atoms with Crippen molar-refractivity contribution in [2.45, 2.75) is 20.3 Å². The van der Waals surface area contributed by atoms with E-state index in [1.54, 1.807) is 26.0 Å². The van der Waals surface area contributed by atoms with Crippen LogP contribution in [0.25, 0.3) is 0 Å². The Labute approximate surface area is 121 Å². The Morgan fingerprint density at radius 1 is 1.29 bits per heavy atom. The molecule has 0 unspecified atom stereocenters. The lowest BCUT2D eigenvalue weighted by Gasteiger charge is -2.08. The zero-order chi connectivity index (χ0) is 15.7. The van der Waals surface area contributed by atoms with E-state index in [1.807, 2.05) is 0 Å². The Balaban J connectivity index is 2.83. The summed E-state index contributed by atoms with van der Waals surface area (Å²) in [6.45, 7) is 4.01. The van der Waals surface area contributed by atoms with Gasteiger partial charge in [0.15, 0.2) is 0 Å². The number of rotatable bonds is 7. The van der Waals surface area contributed by atoms with Crippen molar-refractivity contribution >= 4 is 23.2 Å². The molecule has 0 atom stereocenters. The summed E-state index contributed by atoms with van der Waals surface area (Å²) in [6, 6.07) is 6.05. The molecule has 8 heteroatoms. The third-order valence-corrected chi connectivity index (χ3v) is 2.31. The number of hydrazone groups is 1. The van der Waals surface area contributed by atoms with E-state index in [9.17, 15) is 14.9 Å². The Bertz CT molecular complexity index is 530. The second-order valence-electron chi connectivity index (χ2n) is 3.81. The van der Waals surface area contributed by atoms with Gasteiger partial charge < -0.3 is 9.47 Å². The summed E-state index contributed by atoms with van der Waals surface area (Å²) in [4.78, 5) is 21.7. The molecule has 0 spiro atoms. The monoisotopic (exact) mass is 295 g/mol. The summed E-state index contributed by atoms with van der Waals surface area (Å²) < 4.78 is 9.99. The number of benzene rings is 1. The fraction of sp³-hybridized carbons (Fsp3) is 0.385. The third kappa shape index (κ3) is 5.47. The molecular formula is C13H17N3O5. The number of carbonyl (C=O) groups excluding carboxylic acids is 1. The van der Waals surface area contributed by atoms with Crippen molar-refractivity contribution in [3.8, 4) is 0 Å². The second kappa shape index (κ2) is 8.51. The molecule has 0 saturated heterocycles. The smallest absolute Gasteiger partial charge is 0.315 e. The van der Waals surface area contributed by atoms with Crippen LogP contribution in [0, 0.1) is 10.1 Å². The minimum Gasteiger partial charge on any atom is -0.480 e. The third-order valence-electron chi connectivity index (χ3n) is 2.31.